The number of ether oxygens (including phenoxy) is 2. The van der Waals surface area contributed by atoms with E-state index < -0.39 is 5.97 Å². The third-order valence-corrected chi connectivity index (χ3v) is 2.47. The molecule has 2 aromatic rings. The Morgan fingerprint density at radius 1 is 1.32 bits per heavy atom. The number of benzene rings is 1. The second-order valence-electron chi connectivity index (χ2n) is 3.76. The standard InChI is InChI=1S/C14H13NO4/c1-18-14(17)12-6-3-7-15-13(12)19-11-5-2-4-10(8-11)9-16/h2-8,16H,9H2,1H3. The number of carbonyl (C=O) groups is 1. The van der Waals surface area contributed by atoms with Gasteiger partial charge in [0.1, 0.15) is 11.3 Å². The number of hydrogen-bond acceptors (Lipinski definition) is 5. The largest absolute Gasteiger partial charge is 0.465 e. The molecule has 0 unspecified atom stereocenters. The summed E-state index contributed by atoms with van der Waals surface area (Å²) < 4.78 is 10.2. The molecule has 0 bridgehead atoms. The number of esters is 1. The Morgan fingerprint density at radius 2 is 2.16 bits per heavy atom. The topological polar surface area (TPSA) is 68.7 Å². The summed E-state index contributed by atoms with van der Waals surface area (Å²) in [6.07, 6.45) is 1.53. The number of hydrogen-bond donors (Lipinski definition) is 1. The molecule has 0 saturated heterocycles. The van der Waals surface area contributed by atoms with Crippen molar-refractivity contribution >= 4 is 5.97 Å². The third kappa shape index (κ3) is 3.08. The molecule has 98 valence electrons. The monoisotopic (exact) mass is 259 g/mol. The van der Waals surface area contributed by atoms with E-state index in [9.17, 15) is 4.79 Å². The lowest BCUT2D eigenvalue weighted by Gasteiger charge is -2.09. The van der Waals surface area contributed by atoms with E-state index in [-0.39, 0.29) is 18.1 Å². The second-order valence-corrected chi connectivity index (χ2v) is 3.76. The van der Waals surface area contributed by atoms with Gasteiger partial charge in [-0.15, -0.1) is 0 Å². The van der Waals surface area contributed by atoms with Crippen LogP contribution in [0, 0.1) is 0 Å². The van der Waals surface area contributed by atoms with Crippen LogP contribution in [-0.4, -0.2) is 23.2 Å². The van der Waals surface area contributed by atoms with E-state index in [1.54, 1.807) is 36.4 Å². The summed E-state index contributed by atoms with van der Waals surface area (Å²) >= 11 is 0. The molecule has 2 rings (SSSR count). The molecule has 1 aromatic carbocycles. The van der Waals surface area contributed by atoms with Crippen LogP contribution in [0.3, 0.4) is 0 Å². The van der Waals surface area contributed by atoms with Gasteiger partial charge in [-0.05, 0) is 29.8 Å². The molecular formula is C14H13NO4. The van der Waals surface area contributed by atoms with E-state index in [1.807, 2.05) is 0 Å². The van der Waals surface area contributed by atoms with Gasteiger partial charge in [0.2, 0.25) is 5.88 Å². The highest BCUT2D eigenvalue weighted by molar-refractivity contribution is 5.91. The van der Waals surface area contributed by atoms with E-state index in [2.05, 4.69) is 9.72 Å². The summed E-state index contributed by atoms with van der Waals surface area (Å²) in [5.41, 5.74) is 0.965. The Labute approximate surface area is 110 Å². The minimum atomic E-state index is -0.513. The predicted molar refractivity (Wildman–Crippen MR) is 68.0 cm³/mol. The molecular weight excluding hydrogens is 246 g/mol. The maximum absolute atomic E-state index is 11.6. The first-order valence-corrected chi connectivity index (χ1v) is 5.65. The smallest absolute Gasteiger partial charge is 0.343 e. The molecule has 0 aliphatic carbocycles. The van der Waals surface area contributed by atoms with E-state index in [1.165, 1.54) is 13.3 Å². The molecule has 0 spiro atoms. The first-order valence-electron chi connectivity index (χ1n) is 5.65. The second kappa shape index (κ2) is 5.97. The summed E-state index contributed by atoms with van der Waals surface area (Å²) in [5.74, 6) is 0.154. The van der Waals surface area contributed by atoms with E-state index in [0.29, 0.717) is 11.3 Å². The van der Waals surface area contributed by atoms with Gasteiger partial charge in [-0.2, -0.15) is 0 Å². The number of nitrogens with zero attached hydrogens (tertiary/aromatic N) is 1. The number of methoxy groups -OCH3 is 1. The Morgan fingerprint density at radius 3 is 2.89 bits per heavy atom. The first-order chi connectivity index (χ1) is 9.24. The van der Waals surface area contributed by atoms with Gasteiger partial charge < -0.3 is 14.6 Å². The van der Waals surface area contributed by atoms with Crippen molar-refractivity contribution in [3.05, 3.63) is 53.7 Å². The van der Waals surface area contributed by atoms with Crippen molar-refractivity contribution < 1.29 is 19.4 Å². The van der Waals surface area contributed by atoms with Crippen LogP contribution in [-0.2, 0) is 11.3 Å². The maximum atomic E-state index is 11.6. The highest BCUT2D eigenvalue weighted by Crippen LogP contribution is 2.24. The van der Waals surface area contributed by atoms with Crippen LogP contribution >= 0.6 is 0 Å². The number of carbonyl (C=O) groups excluding carboxylic acids is 1. The van der Waals surface area contributed by atoms with Gasteiger partial charge in [0.05, 0.1) is 13.7 Å². The van der Waals surface area contributed by atoms with Gasteiger partial charge in [-0.3, -0.25) is 0 Å². The normalized spacial score (nSPS) is 10.0. The Bertz CT molecular complexity index is 583. The van der Waals surface area contributed by atoms with Crippen molar-refractivity contribution in [2.45, 2.75) is 6.61 Å². The predicted octanol–water partition coefficient (Wildman–Crippen LogP) is 2.15. The average Bonchev–Trinajstić information content (AvgIpc) is 2.47. The number of rotatable bonds is 4. The summed E-state index contributed by atoms with van der Waals surface area (Å²) in [4.78, 5) is 15.6. The quantitative estimate of drug-likeness (QED) is 0.852. The fourth-order valence-corrected chi connectivity index (χ4v) is 1.56. The lowest BCUT2D eigenvalue weighted by molar-refractivity contribution is 0.0597. The molecule has 0 amide bonds. The lowest BCUT2D eigenvalue weighted by atomic mass is 10.2. The molecule has 0 saturated carbocycles. The molecule has 0 fully saturated rings. The maximum Gasteiger partial charge on any atom is 0.343 e. The number of pyridine rings is 1. The fraction of sp³-hybridized carbons (Fsp3) is 0.143. The van der Waals surface area contributed by atoms with Gasteiger partial charge in [0.15, 0.2) is 0 Å². The highest BCUT2D eigenvalue weighted by atomic mass is 16.5. The van der Waals surface area contributed by atoms with Gasteiger partial charge in [-0.25, -0.2) is 9.78 Å². The zero-order valence-electron chi connectivity index (χ0n) is 10.4. The number of aliphatic hydroxyl groups excluding tert-OH is 1. The van der Waals surface area contributed by atoms with Crippen molar-refractivity contribution in [1.82, 2.24) is 4.98 Å². The molecule has 1 aromatic heterocycles. The number of aliphatic hydroxyl groups is 1. The zero-order valence-corrected chi connectivity index (χ0v) is 10.4. The summed E-state index contributed by atoms with van der Waals surface area (Å²) in [6.45, 7) is -0.0801. The Kier molecular flexibility index (Phi) is 4.10. The minimum absolute atomic E-state index is 0.0801. The summed E-state index contributed by atoms with van der Waals surface area (Å²) in [7, 11) is 1.30. The van der Waals surface area contributed by atoms with Crippen LogP contribution in [0.25, 0.3) is 0 Å². The van der Waals surface area contributed by atoms with E-state index in [0.717, 1.165) is 0 Å². The van der Waals surface area contributed by atoms with Crippen molar-refractivity contribution in [3.63, 3.8) is 0 Å². The lowest BCUT2D eigenvalue weighted by Crippen LogP contribution is -2.04. The summed E-state index contributed by atoms with van der Waals surface area (Å²) in [5, 5.41) is 9.06. The van der Waals surface area contributed by atoms with Crippen LogP contribution in [0.4, 0.5) is 0 Å². The zero-order chi connectivity index (χ0) is 13.7. The van der Waals surface area contributed by atoms with Gasteiger partial charge in [0, 0.05) is 6.20 Å². The number of aromatic nitrogens is 1. The van der Waals surface area contributed by atoms with Crippen molar-refractivity contribution in [2.75, 3.05) is 7.11 Å². The average molecular weight is 259 g/mol. The van der Waals surface area contributed by atoms with E-state index >= 15 is 0 Å². The van der Waals surface area contributed by atoms with Crippen LogP contribution in [0.2, 0.25) is 0 Å². The third-order valence-electron chi connectivity index (χ3n) is 2.47. The fourth-order valence-electron chi connectivity index (χ4n) is 1.56. The SMILES string of the molecule is COC(=O)c1cccnc1Oc1cccc(CO)c1. The van der Waals surface area contributed by atoms with Crippen LogP contribution < -0.4 is 4.74 Å². The van der Waals surface area contributed by atoms with Crippen LogP contribution in [0.1, 0.15) is 15.9 Å². The molecule has 0 aliphatic heterocycles. The highest BCUT2D eigenvalue weighted by Gasteiger charge is 2.14. The minimum Gasteiger partial charge on any atom is -0.465 e. The van der Waals surface area contributed by atoms with Crippen molar-refractivity contribution in [3.8, 4) is 11.6 Å². The Hall–Kier alpha value is -2.40. The van der Waals surface area contributed by atoms with Gasteiger partial charge >= 0.3 is 5.97 Å². The molecule has 5 heteroatoms. The molecule has 1 N–H and O–H groups in total. The summed E-state index contributed by atoms with van der Waals surface area (Å²) in [6, 6.07) is 10.1. The Balaban J connectivity index is 2.30. The molecule has 0 radical (unpaired) electrons. The first kappa shape index (κ1) is 13.0. The van der Waals surface area contributed by atoms with Crippen LogP contribution in [0.15, 0.2) is 42.6 Å². The van der Waals surface area contributed by atoms with Gasteiger partial charge in [0.25, 0.3) is 0 Å². The van der Waals surface area contributed by atoms with Crippen LogP contribution in [0.5, 0.6) is 11.6 Å². The molecule has 19 heavy (non-hydrogen) atoms. The molecule has 1 heterocycles. The van der Waals surface area contributed by atoms with Crippen molar-refractivity contribution in [1.29, 1.82) is 0 Å². The van der Waals surface area contributed by atoms with E-state index in [4.69, 9.17) is 9.84 Å². The molecule has 0 atom stereocenters. The van der Waals surface area contributed by atoms with Gasteiger partial charge in [-0.1, -0.05) is 12.1 Å². The van der Waals surface area contributed by atoms with Crippen molar-refractivity contribution in [2.24, 2.45) is 0 Å². The molecule has 5 nitrogen and oxygen atoms in total. The molecule has 0 aliphatic rings.